The number of hydrogen-bond donors (Lipinski definition) is 1. The highest BCUT2D eigenvalue weighted by atomic mass is 19.1. The molecule has 0 bridgehead atoms. The van der Waals surface area contributed by atoms with E-state index in [0.717, 1.165) is 31.2 Å². The molecule has 100 valence electrons. The van der Waals surface area contributed by atoms with Crippen molar-refractivity contribution in [1.82, 2.24) is 5.32 Å². The average molecular weight is 255 g/mol. The molecule has 0 amide bonds. The molecule has 2 nitrogen and oxygen atoms in total. The van der Waals surface area contributed by atoms with Crippen molar-refractivity contribution in [3.63, 3.8) is 0 Å². The van der Waals surface area contributed by atoms with Crippen LogP contribution in [0.4, 0.5) is 8.78 Å². The third-order valence-corrected chi connectivity index (χ3v) is 3.26. The highest BCUT2D eigenvalue weighted by Gasteiger charge is 2.13. The molecule has 2 rings (SSSR count). The number of benzene rings is 1. The lowest BCUT2D eigenvalue weighted by molar-refractivity contribution is 0.289. The minimum absolute atomic E-state index is 0.00383. The van der Waals surface area contributed by atoms with Gasteiger partial charge in [-0.25, -0.2) is 8.78 Å². The van der Waals surface area contributed by atoms with E-state index in [1.54, 1.807) is 0 Å². The molecule has 0 spiro atoms. The van der Waals surface area contributed by atoms with Crippen LogP contribution in [0.5, 0.6) is 5.75 Å². The lowest BCUT2D eigenvalue weighted by Gasteiger charge is -2.12. The largest absolute Gasteiger partial charge is 0.490 e. The maximum absolute atomic E-state index is 13.2. The van der Waals surface area contributed by atoms with E-state index in [-0.39, 0.29) is 5.75 Å². The first-order valence-electron chi connectivity index (χ1n) is 6.57. The Morgan fingerprint density at radius 2 is 2.00 bits per heavy atom. The molecule has 1 aliphatic carbocycles. The number of hydrogen-bond acceptors (Lipinski definition) is 2. The number of nitrogens with one attached hydrogen (secondary N) is 1. The molecule has 1 aliphatic rings. The van der Waals surface area contributed by atoms with E-state index in [1.807, 2.05) is 0 Å². The second kappa shape index (κ2) is 6.69. The van der Waals surface area contributed by atoms with Crippen molar-refractivity contribution < 1.29 is 13.5 Å². The summed E-state index contributed by atoms with van der Waals surface area (Å²) >= 11 is 0. The fraction of sp³-hybridized carbons (Fsp3) is 0.571. The zero-order valence-corrected chi connectivity index (χ0v) is 10.4. The summed E-state index contributed by atoms with van der Waals surface area (Å²) in [6.45, 7) is 1.27. The molecular formula is C14H19F2NO. The maximum Gasteiger partial charge on any atom is 0.165 e. The summed E-state index contributed by atoms with van der Waals surface area (Å²) in [6.07, 6.45) is 5.91. The maximum atomic E-state index is 13.2. The Kier molecular flexibility index (Phi) is 4.93. The van der Waals surface area contributed by atoms with Crippen LogP contribution in [0.1, 0.15) is 32.1 Å². The SMILES string of the molecule is Fc1ccc(F)c(OCCCNC2CCCC2)c1. The zero-order valence-electron chi connectivity index (χ0n) is 10.4. The number of ether oxygens (including phenoxy) is 1. The van der Waals surface area contributed by atoms with Crippen molar-refractivity contribution in [2.24, 2.45) is 0 Å². The fourth-order valence-corrected chi connectivity index (χ4v) is 2.28. The average Bonchev–Trinajstić information content (AvgIpc) is 2.86. The van der Waals surface area contributed by atoms with Crippen LogP contribution >= 0.6 is 0 Å². The van der Waals surface area contributed by atoms with Gasteiger partial charge in [0.2, 0.25) is 0 Å². The predicted molar refractivity (Wildman–Crippen MR) is 66.7 cm³/mol. The Morgan fingerprint density at radius 1 is 1.22 bits per heavy atom. The van der Waals surface area contributed by atoms with Crippen LogP contribution in [0.2, 0.25) is 0 Å². The second-order valence-electron chi connectivity index (χ2n) is 4.71. The van der Waals surface area contributed by atoms with E-state index in [2.05, 4.69) is 5.32 Å². The van der Waals surface area contributed by atoms with Crippen LogP contribution in [0, 0.1) is 11.6 Å². The van der Waals surface area contributed by atoms with Gasteiger partial charge >= 0.3 is 0 Å². The molecule has 0 unspecified atom stereocenters. The van der Waals surface area contributed by atoms with Crippen LogP contribution in [-0.2, 0) is 0 Å². The van der Waals surface area contributed by atoms with Gasteiger partial charge in [0.1, 0.15) is 5.82 Å². The van der Waals surface area contributed by atoms with Crippen LogP contribution in [-0.4, -0.2) is 19.2 Å². The predicted octanol–water partition coefficient (Wildman–Crippen LogP) is 3.27. The second-order valence-corrected chi connectivity index (χ2v) is 4.71. The van der Waals surface area contributed by atoms with Gasteiger partial charge in [-0.3, -0.25) is 0 Å². The molecule has 18 heavy (non-hydrogen) atoms. The van der Waals surface area contributed by atoms with E-state index in [9.17, 15) is 8.78 Å². The summed E-state index contributed by atoms with van der Waals surface area (Å²) in [4.78, 5) is 0. The molecule has 0 radical (unpaired) electrons. The number of rotatable bonds is 6. The van der Waals surface area contributed by atoms with Crippen molar-refractivity contribution in [2.75, 3.05) is 13.2 Å². The standard InChI is InChI=1S/C14H19F2NO/c15-11-6-7-13(16)14(10-11)18-9-3-8-17-12-4-1-2-5-12/h6-7,10,12,17H,1-5,8-9H2. The van der Waals surface area contributed by atoms with Crippen molar-refractivity contribution in [1.29, 1.82) is 0 Å². The molecule has 1 aromatic carbocycles. The van der Waals surface area contributed by atoms with Crippen LogP contribution in [0.15, 0.2) is 18.2 Å². The fourth-order valence-electron chi connectivity index (χ4n) is 2.28. The van der Waals surface area contributed by atoms with Crippen LogP contribution < -0.4 is 10.1 Å². The molecule has 0 atom stereocenters. The Labute approximate surface area is 106 Å². The molecule has 0 heterocycles. The van der Waals surface area contributed by atoms with Gasteiger partial charge in [-0.05, 0) is 37.9 Å². The third kappa shape index (κ3) is 3.95. The monoisotopic (exact) mass is 255 g/mol. The summed E-state index contributed by atoms with van der Waals surface area (Å²) in [7, 11) is 0. The van der Waals surface area contributed by atoms with E-state index < -0.39 is 11.6 Å². The van der Waals surface area contributed by atoms with Gasteiger partial charge in [0.25, 0.3) is 0 Å². The van der Waals surface area contributed by atoms with Crippen LogP contribution in [0.3, 0.4) is 0 Å². The summed E-state index contributed by atoms with van der Waals surface area (Å²) in [5.74, 6) is -0.994. The minimum Gasteiger partial charge on any atom is -0.490 e. The first-order chi connectivity index (χ1) is 8.75. The zero-order chi connectivity index (χ0) is 12.8. The molecular weight excluding hydrogens is 236 g/mol. The first-order valence-corrected chi connectivity index (χ1v) is 6.57. The van der Waals surface area contributed by atoms with Gasteiger partial charge in [0.05, 0.1) is 6.61 Å². The highest BCUT2D eigenvalue weighted by Crippen LogP contribution is 2.19. The molecule has 1 aromatic rings. The topological polar surface area (TPSA) is 21.3 Å². The molecule has 0 aliphatic heterocycles. The minimum atomic E-state index is -0.514. The van der Waals surface area contributed by atoms with E-state index in [4.69, 9.17) is 4.74 Å². The Morgan fingerprint density at radius 3 is 2.78 bits per heavy atom. The molecule has 1 fully saturated rings. The van der Waals surface area contributed by atoms with Crippen molar-refractivity contribution in [2.45, 2.75) is 38.1 Å². The van der Waals surface area contributed by atoms with Gasteiger partial charge < -0.3 is 10.1 Å². The molecule has 4 heteroatoms. The molecule has 0 saturated heterocycles. The summed E-state index contributed by atoms with van der Waals surface area (Å²) in [5, 5.41) is 3.45. The lowest BCUT2D eigenvalue weighted by atomic mass is 10.2. The van der Waals surface area contributed by atoms with Gasteiger partial charge in [0, 0.05) is 12.1 Å². The smallest absolute Gasteiger partial charge is 0.165 e. The van der Waals surface area contributed by atoms with Gasteiger partial charge in [0.15, 0.2) is 11.6 Å². The molecule has 1 N–H and O–H groups in total. The Bertz CT molecular complexity index is 378. The van der Waals surface area contributed by atoms with Gasteiger partial charge in [-0.1, -0.05) is 12.8 Å². The van der Waals surface area contributed by atoms with Crippen LogP contribution in [0.25, 0.3) is 0 Å². The van der Waals surface area contributed by atoms with E-state index in [1.165, 1.54) is 25.7 Å². The number of halogens is 2. The van der Waals surface area contributed by atoms with Gasteiger partial charge in [-0.15, -0.1) is 0 Å². The lowest BCUT2D eigenvalue weighted by Crippen LogP contribution is -2.27. The van der Waals surface area contributed by atoms with E-state index in [0.29, 0.717) is 12.6 Å². The molecule has 0 aromatic heterocycles. The van der Waals surface area contributed by atoms with Crippen molar-refractivity contribution in [3.8, 4) is 5.75 Å². The Hall–Kier alpha value is -1.16. The quantitative estimate of drug-likeness (QED) is 0.788. The third-order valence-electron chi connectivity index (χ3n) is 3.26. The first kappa shape index (κ1) is 13.3. The van der Waals surface area contributed by atoms with E-state index >= 15 is 0 Å². The van der Waals surface area contributed by atoms with Crippen molar-refractivity contribution >= 4 is 0 Å². The van der Waals surface area contributed by atoms with Gasteiger partial charge in [-0.2, -0.15) is 0 Å². The highest BCUT2D eigenvalue weighted by molar-refractivity contribution is 5.24. The van der Waals surface area contributed by atoms with Crippen molar-refractivity contribution in [3.05, 3.63) is 29.8 Å². The normalized spacial score (nSPS) is 16.1. The summed E-state index contributed by atoms with van der Waals surface area (Å²) < 4.78 is 31.3. The Balaban J connectivity index is 1.64. The summed E-state index contributed by atoms with van der Waals surface area (Å²) in [5.41, 5.74) is 0. The molecule has 1 saturated carbocycles. The summed E-state index contributed by atoms with van der Waals surface area (Å²) in [6, 6.07) is 3.89.